The Bertz CT molecular complexity index is 84.4. The van der Waals surface area contributed by atoms with Gasteiger partial charge in [-0.3, -0.25) is 0 Å². The first kappa shape index (κ1) is 7.44. The second-order valence-electron chi connectivity index (χ2n) is 1.78. The van der Waals surface area contributed by atoms with Gasteiger partial charge in [-0.2, -0.15) is 0 Å². The fourth-order valence-electron chi connectivity index (χ4n) is 0.408. The molecule has 0 amide bonds. The third kappa shape index (κ3) is 3.62. The van der Waals surface area contributed by atoms with E-state index in [-0.39, 0.29) is 0 Å². The van der Waals surface area contributed by atoms with Crippen LogP contribution in [0.5, 0.6) is 0 Å². The highest BCUT2D eigenvalue weighted by atomic mass is 14.5. The summed E-state index contributed by atoms with van der Waals surface area (Å²) in [5.41, 5.74) is 6.38. The van der Waals surface area contributed by atoms with Crippen LogP contribution in [-0.4, -0.2) is 6.54 Å². The SMILES string of the molecule is C=CCCC(=C)CN. The Labute approximate surface area is 50.9 Å². The van der Waals surface area contributed by atoms with Gasteiger partial charge < -0.3 is 5.73 Å². The van der Waals surface area contributed by atoms with Crippen molar-refractivity contribution in [2.45, 2.75) is 12.8 Å². The molecule has 0 saturated carbocycles. The van der Waals surface area contributed by atoms with Gasteiger partial charge >= 0.3 is 0 Å². The van der Waals surface area contributed by atoms with Crippen LogP contribution in [0.25, 0.3) is 0 Å². The van der Waals surface area contributed by atoms with Crippen molar-refractivity contribution >= 4 is 0 Å². The van der Waals surface area contributed by atoms with E-state index in [9.17, 15) is 0 Å². The van der Waals surface area contributed by atoms with E-state index in [1.54, 1.807) is 0 Å². The molecule has 8 heavy (non-hydrogen) atoms. The van der Waals surface area contributed by atoms with Gasteiger partial charge in [0.05, 0.1) is 0 Å². The van der Waals surface area contributed by atoms with Gasteiger partial charge in [0, 0.05) is 6.54 Å². The number of rotatable bonds is 4. The maximum Gasteiger partial charge on any atom is 0.0134 e. The monoisotopic (exact) mass is 111 g/mol. The Morgan fingerprint density at radius 2 is 2.25 bits per heavy atom. The maximum absolute atomic E-state index is 5.28. The number of hydrogen-bond donors (Lipinski definition) is 1. The highest BCUT2D eigenvalue weighted by molar-refractivity contribution is 4.96. The topological polar surface area (TPSA) is 26.0 Å². The first-order valence-electron chi connectivity index (χ1n) is 2.79. The Morgan fingerprint density at radius 1 is 1.62 bits per heavy atom. The van der Waals surface area contributed by atoms with E-state index in [1.807, 2.05) is 6.08 Å². The maximum atomic E-state index is 5.28. The predicted molar refractivity (Wildman–Crippen MR) is 37.6 cm³/mol. The van der Waals surface area contributed by atoms with Crippen molar-refractivity contribution in [1.82, 2.24) is 0 Å². The largest absolute Gasteiger partial charge is 0.327 e. The number of allylic oxidation sites excluding steroid dienone is 1. The summed E-state index contributed by atoms with van der Waals surface area (Å²) in [6.45, 7) is 7.93. The van der Waals surface area contributed by atoms with Crippen molar-refractivity contribution in [3.8, 4) is 0 Å². The van der Waals surface area contributed by atoms with E-state index in [4.69, 9.17) is 5.73 Å². The van der Waals surface area contributed by atoms with E-state index < -0.39 is 0 Å². The molecule has 2 N–H and O–H groups in total. The zero-order chi connectivity index (χ0) is 6.41. The molecule has 0 aliphatic rings. The molecule has 46 valence electrons. The molecule has 0 saturated heterocycles. The average Bonchev–Trinajstić information content (AvgIpc) is 1.83. The van der Waals surface area contributed by atoms with E-state index in [2.05, 4.69) is 13.2 Å². The lowest BCUT2D eigenvalue weighted by molar-refractivity contribution is 0.937. The van der Waals surface area contributed by atoms with Crippen molar-refractivity contribution in [3.63, 3.8) is 0 Å². The summed E-state index contributed by atoms with van der Waals surface area (Å²) in [6, 6.07) is 0. The third-order valence-corrected chi connectivity index (χ3v) is 0.991. The molecule has 0 aromatic carbocycles. The van der Waals surface area contributed by atoms with Gasteiger partial charge in [0.15, 0.2) is 0 Å². The van der Waals surface area contributed by atoms with Crippen molar-refractivity contribution in [3.05, 3.63) is 24.8 Å². The van der Waals surface area contributed by atoms with E-state index in [1.165, 1.54) is 0 Å². The second-order valence-corrected chi connectivity index (χ2v) is 1.78. The smallest absolute Gasteiger partial charge is 0.0134 e. The van der Waals surface area contributed by atoms with Crippen LogP contribution in [0.15, 0.2) is 24.8 Å². The van der Waals surface area contributed by atoms with Crippen molar-refractivity contribution < 1.29 is 0 Å². The molecule has 0 aromatic rings. The van der Waals surface area contributed by atoms with Gasteiger partial charge in [0.2, 0.25) is 0 Å². The highest BCUT2D eigenvalue weighted by Gasteiger charge is 1.85. The molecule has 1 nitrogen and oxygen atoms in total. The van der Waals surface area contributed by atoms with Crippen molar-refractivity contribution in [2.24, 2.45) is 5.73 Å². The molecule has 0 aliphatic heterocycles. The van der Waals surface area contributed by atoms with Crippen LogP contribution >= 0.6 is 0 Å². The van der Waals surface area contributed by atoms with Gasteiger partial charge in [-0.15, -0.1) is 6.58 Å². The van der Waals surface area contributed by atoms with Crippen molar-refractivity contribution in [2.75, 3.05) is 6.54 Å². The molecule has 0 bridgehead atoms. The molecule has 0 unspecified atom stereocenters. The highest BCUT2D eigenvalue weighted by Crippen LogP contribution is 1.98. The molecule has 0 radical (unpaired) electrons. The van der Waals surface area contributed by atoms with Gasteiger partial charge in [-0.1, -0.05) is 18.2 Å². The molecule has 0 aliphatic carbocycles. The summed E-state index contributed by atoms with van der Waals surface area (Å²) >= 11 is 0. The van der Waals surface area contributed by atoms with Crippen LogP contribution in [0.4, 0.5) is 0 Å². The number of nitrogens with two attached hydrogens (primary N) is 1. The van der Waals surface area contributed by atoms with Gasteiger partial charge in [0.1, 0.15) is 0 Å². The molecule has 0 aromatic heterocycles. The first-order chi connectivity index (χ1) is 3.81. The lowest BCUT2D eigenvalue weighted by Gasteiger charge is -1.95. The minimum Gasteiger partial charge on any atom is -0.327 e. The molecule has 0 spiro atoms. The van der Waals surface area contributed by atoms with Gasteiger partial charge in [-0.25, -0.2) is 0 Å². The molecular weight excluding hydrogens is 98.1 g/mol. The predicted octanol–water partition coefficient (Wildman–Crippen LogP) is 1.47. The van der Waals surface area contributed by atoms with Crippen LogP contribution in [-0.2, 0) is 0 Å². The van der Waals surface area contributed by atoms with E-state index in [0.29, 0.717) is 6.54 Å². The summed E-state index contributed by atoms with van der Waals surface area (Å²) < 4.78 is 0. The fraction of sp³-hybridized carbons (Fsp3) is 0.429. The van der Waals surface area contributed by atoms with Crippen LogP contribution in [0.1, 0.15) is 12.8 Å². The third-order valence-electron chi connectivity index (χ3n) is 0.991. The summed E-state index contributed by atoms with van der Waals surface area (Å²) in [5, 5.41) is 0. The summed E-state index contributed by atoms with van der Waals surface area (Å²) in [4.78, 5) is 0. The minimum absolute atomic E-state index is 0.605. The normalized spacial score (nSPS) is 8.62. The molecule has 0 fully saturated rings. The lowest BCUT2D eigenvalue weighted by Crippen LogP contribution is -2.00. The summed E-state index contributed by atoms with van der Waals surface area (Å²) in [6.07, 6.45) is 3.86. The molecular formula is C7H13N. The Hall–Kier alpha value is -0.560. The lowest BCUT2D eigenvalue weighted by atomic mass is 10.2. The van der Waals surface area contributed by atoms with E-state index >= 15 is 0 Å². The summed E-state index contributed by atoms with van der Waals surface area (Å²) in [7, 11) is 0. The van der Waals surface area contributed by atoms with Crippen molar-refractivity contribution in [1.29, 1.82) is 0 Å². The van der Waals surface area contributed by atoms with Gasteiger partial charge in [0.25, 0.3) is 0 Å². The standard InChI is InChI=1S/C7H13N/c1-3-4-5-7(2)6-8/h3H,1-2,4-6,8H2. The van der Waals surface area contributed by atoms with E-state index in [0.717, 1.165) is 18.4 Å². The fourth-order valence-corrected chi connectivity index (χ4v) is 0.408. The quantitative estimate of drug-likeness (QED) is 0.546. The zero-order valence-electron chi connectivity index (χ0n) is 5.19. The van der Waals surface area contributed by atoms with Crippen LogP contribution in [0.2, 0.25) is 0 Å². The Balaban J connectivity index is 3.11. The number of hydrogen-bond acceptors (Lipinski definition) is 1. The zero-order valence-corrected chi connectivity index (χ0v) is 5.19. The molecule has 1 heteroatoms. The minimum atomic E-state index is 0.605. The molecule has 0 rings (SSSR count). The second kappa shape index (κ2) is 4.60. The Kier molecular flexibility index (Phi) is 4.27. The van der Waals surface area contributed by atoms with Crippen LogP contribution in [0.3, 0.4) is 0 Å². The van der Waals surface area contributed by atoms with Crippen LogP contribution in [0, 0.1) is 0 Å². The molecule has 0 atom stereocenters. The average molecular weight is 111 g/mol. The first-order valence-corrected chi connectivity index (χ1v) is 2.79. The van der Waals surface area contributed by atoms with Crippen LogP contribution < -0.4 is 5.73 Å². The Morgan fingerprint density at radius 3 is 2.62 bits per heavy atom. The molecule has 0 heterocycles. The van der Waals surface area contributed by atoms with Gasteiger partial charge in [-0.05, 0) is 12.8 Å². The summed E-state index contributed by atoms with van der Waals surface area (Å²) in [5.74, 6) is 0.